The number of hydrogen-bond acceptors (Lipinski definition) is 3. The number of aromatic nitrogens is 2. The SMILES string of the molecule is Cc1ccc(-c2cc(-c3cc4ccccc4o3)[nH]n2)c(O)c1. The van der Waals surface area contributed by atoms with Gasteiger partial charge in [-0.1, -0.05) is 24.3 Å². The fraction of sp³-hybridized carbons (Fsp3) is 0.0556. The molecule has 0 spiro atoms. The lowest BCUT2D eigenvalue weighted by Crippen LogP contribution is -1.80. The van der Waals surface area contributed by atoms with E-state index in [0.29, 0.717) is 11.3 Å². The number of phenols is 1. The normalized spacial score (nSPS) is 11.1. The highest BCUT2D eigenvalue weighted by Crippen LogP contribution is 2.32. The van der Waals surface area contributed by atoms with Crippen molar-refractivity contribution in [1.29, 1.82) is 0 Å². The first-order valence-corrected chi connectivity index (χ1v) is 7.05. The molecular formula is C18H14N2O2. The van der Waals surface area contributed by atoms with Crippen LogP contribution in [0.2, 0.25) is 0 Å². The fourth-order valence-corrected chi connectivity index (χ4v) is 2.56. The number of hydrogen-bond donors (Lipinski definition) is 2. The standard InChI is InChI=1S/C18H14N2O2/c1-11-6-7-13(16(21)8-11)14-10-15(20-19-14)18-9-12-4-2-3-5-17(12)22-18/h2-10,21H,1H3,(H,19,20). The summed E-state index contributed by atoms with van der Waals surface area (Å²) in [5, 5.41) is 18.4. The molecular weight excluding hydrogens is 276 g/mol. The molecule has 4 rings (SSSR count). The first kappa shape index (κ1) is 12.7. The van der Waals surface area contributed by atoms with Gasteiger partial charge in [-0.05, 0) is 42.8 Å². The molecule has 2 heterocycles. The van der Waals surface area contributed by atoms with E-state index < -0.39 is 0 Å². The van der Waals surface area contributed by atoms with E-state index in [1.165, 1.54) is 0 Å². The van der Waals surface area contributed by atoms with Crippen molar-refractivity contribution in [3.8, 4) is 28.5 Å². The maximum Gasteiger partial charge on any atom is 0.153 e. The molecule has 0 bridgehead atoms. The van der Waals surface area contributed by atoms with Gasteiger partial charge in [0.15, 0.2) is 5.76 Å². The highest BCUT2D eigenvalue weighted by atomic mass is 16.3. The van der Waals surface area contributed by atoms with Crippen LogP contribution in [0, 0.1) is 6.92 Å². The summed E-state index contributed by atoms with van der Waals surface area (Å²) >= 11 is 0. The van der Waals surface area contributed by atoms with E-state index in [0.717, 1.165) is 28.0 Å². The number of rotatable bonds is 2. The Labute approximate surface area is 127 Å². The molecule has 0 fully saturated rings. The molecule has 108 valence electrons. The third kappa shape index (κ3) is 2.05. The maximum atomic E-state index is 10.1. The second kappa shape index (κ2) is 4.77. The van der Waals surface area contributed by atoms with Gasteiger partial charge >= 0.3 is 0 Å². The van der Waals surface area contributed by atoms with E-state index in [9.17, 15) is 5.11 Å². The molecule has 0 saturated heterocycles. The Morgan fingerprint density at radius 2 is 1.91 bits per heavy atom. The fourth-order valence-electron chi connectivity index (χ4n) is 2.56. The third-order valence-electron chi connectivity index (χ3n) is 3.70. The van der Waals surface area contributed by atoms with Gasteiger partial charge in [0.2, 0.25) is 0 Å². The second-order valence-electron chi connectivity index (χ2n) is 5.34. The van der Waals surface area contributed by atoms with Crippen LogP contribution in [0.3, 0.4) is 0 Å². The summed E-state index contributed by atoms with van der Waals surface area (Å²) in [5.74, 6) is 0.953. The van der Waals surface area contributed by atoms with E-state index in [4.69, 9.17) is 4.42 Å². The van der Waals surface area contributed by atoms with Crippen LogP contribution in [-0.2, 0) is 0 Å². The summed E-state index contributed by atoms with van der Waals surface area (Å²) in [6, 6.07) is 17.2. The number of nitrogens with one attached hydrogen (secondary N) is 1. The predicted octanol–water partition coefficient (Wildman–Crippen LogP) is 4.50. The van der Waals surface area contributed by atoms with Gasteiger partial charge in [-0.25, -0.2) is 0 Å². The summed E-state index contributed by atoms with van der Waals surface area (Å²) in [5.41, 5.74) is 4.02. The Kier molecular flexibility index (Phi) is 2.76. The van der Waals surface area contributed by atoms with E-state index in [1.54, 1.807) is 6.07 Å². The number of para-hydroxylation sites is 1. The molecule has 2 aromatic heterocycles. The highest BCUT2D eigenvalue weighted by molar-refractivity contribution is 5.82. The largest absolute Gasteiger partial charge is 0.507 e. The number of benzene rings is 2. The molecule has 0 atom stereocenters. The Bertz CT molecular complexity index is 933. The number of phenolic OH excluding ortho intramolecular Hbond substituents is 1. The second-order valence-corrected chi connectivity index (χ2v) is 5.34. The zero-order chi connectivity index (χ0) is 15.1. The average Bonchev–Trinajstić information content (AvgIpc) is 3.13. The van der Waals surface area contributed by atoms with E-state index in [-0.39, 0.29) is 5.75 Å². The summed E-state index contributed by atoms with van der Waals surface area (Å²) < 4.78 is 5.82. The Morgan fingerprint density at radius 1 is 1.05 bits per heavy atom. The van der Waals surface area contributed by atoms with Crippen LogP contribution in [0.5, 0.6) is 5.75 Å². The Balaban J connectivity index is 1.77. The zero-order valence-electron chi connectivity index (χ0n) is 12.0. The molecule has 22 heavy (non-hydrogen) atoms. The number of fused-ring (bicyclic) bond motifs is 1. The quantitative estimate of drug-likeness (QED) is 0.571. The van der Waals surface area contributed by atoms with Gasteiger partial charge in [-0.2, -0.15) is 5.10 Å². The van der Waals surface area contributed by atoms with Gasteiger partial charge < -0.3 is 9.52 Å². The molecule has 0 saturated carbocycles. The highest BCUT2D eigenvalue weighted by Gasteiger charge is 2.12. The van der Waals surface area contributed by atoms with Gasteiger partial charge in [0.25, 0.3) is 0 Å². The zero-order valence-corrected chi connectivity index (χ0v) is 12.0. The molecule has 0 aliphatic rings. The molecule has 4 aromatic rings. The van der Waals surface area contributed by atoms with Crippen molar-refractivity contribution in [3.05, 3.63) is 60.2 Å². The van der Waals surface area contributed by atoms with Crippen LogP contribution < -0.4 is 0 Å². The summed E-state index contributed by atoms with van der Waals surface area (Å²) in [7, 11) is 0. The molecule has 0 amide bonds. The molecule has 4 nitrogen and oxygen atoms in total. The number of H-pyrrole nitrogens is 1. The molecule has 0 unspecified atom stereocenters. The first-order valence-electron chi connectivity index (χ1n) is 7.05. The Hall–Kier alpha value is -3.01. The van der Waals surface area contributed by atoms with E-state index in [1.807, 2.05) is 55.5 Å². The summed E-state index contributed by atoms with van der Waals surface area (Å²) in [6.07, 6.45) is 0. The van der Waals surface area contributed by atoms with Gasteiger partial charge in [0, 0.05) is 10.9 Å². The van der Waals surface area contributed by atoms with Crippen molar-refractivity contribution in [2.45, 2.75) is 6.92 Å². The van der Waals surface area contributed by atoms with Crippen molar-refractivity contribution in [2.75, 3.05) is 0 Å². The van der Waals surface area contributed by atoms with Crippen molar-refractivity contribution in [2.24, 2.45) is 0 Å². The summed E-state index contributed by atoms with van der Waals surface area (Å²) in [6.45, 7) is 1.94. The average molecular weight is 290 g/mol. The van der Waals surface area contributed by atoms with E-state index >= 15 is 0 Å². The van der Waals surface area contributed by atoms with Crippen molar-refractivity contribution in [1.82, 2.24) is 10.2 Å². The van der Waals surface area contributed by atoms with Gasteiger partial charge in [-0.15, -0.1) is 0 Å². The van der Waals surface area contributed by atoms with Crippen LogP contribution in [0.15, 0.2) is 59.0 Å². The number of furan rings is 1. The predicted molar refractivity (Wildman–Crippen MR) is 85.6 cm³/mol. The van der Waals surface area contributed by atoms with Crippen LogP contribution in [-0.4, -0.2) is 15.3 Å². The van der Waals surface area contributed by atoms with Crippen LogP contribution in [0.25, 0.3) is 33.7 Å². The number of aromatic hydroxyl groups is 1. The maximum absolute atomic E-state index is 10.1. The molecule has 0 aliphatic heterocycles. The molecule has 0 radical (unpaired) electrons. The first-order chi connectivity index (χ1) is 10.7. The lowest BCUT2D eigenvalue weighted by atomic mass is 10.1. The minimum Gasteiger partial charge on any atom is -0.507 e. The van der Waals surface area contributed by atoms with Crippen molar-refractivity contribution < 1.29 is 9.52 Å². The minimum absolute atomic E-state index is 0.225. The number of nitrogens with zero attached hydrogens (tertiary/aromatic N) is 1. The topological polar surface area (TPSA) is 62.0 Å². The van der Waals surface area contributed by atoms with Gasteiger partial charge in [0.1, 0.15) is 17.0 Å². The molecule has 4 heteroatoms. The smallest absolute Gasteiger partial charge is 0.153 e. The molecule has 2 N–H and O–H groups in total. The third-order valence-corrected chi connectivity index (χ3v) is 3.70. The monoisotopic (exact) mass is 290 g/mol. The Morgan fingerprint density at radius 3 is 2.73 bits per heavy atom. The van der Waals surface area contributed by atoms with E-state index in [2.05, 4.69) is 10.2 Å². The number of aromatic amines is 1. The lowest BCUT2D eigenvalue weighted by Gasteiger charge is -2.01. The number of aryl methyl sites for hydroxylation is 1. The van der Waals surface area contributed by atoms with Crippen LogP contribution in [0.1, 0.15) is 5.56 Å². The lowest BCUT2D eigenvalue weighted by molar-refractivity contribution is 0.476. The minimum atomic E-state index is 0.225. The van der Waals surface area contributed by atoms with Gasteiger partial charge in [0.05, 0.1) is 5.69 Å². The van der Waals surface area contributed by atoms with Crippen molar-refractivity contribution in [3.63, 3.8) is 0 Å². The van der Waals surface area contributed by atoms with Crippen molar-refractivity contribution >= 4 is 11.0 Å². The van der Waals surface area contributed by atoms with Crippen LogP contribution >= 0.6 is 0 Å². The van der Waals surface area contributed by atoms with Crippen LogP contribution in [0.4, 0.5) is 0 Å². The molecule has 2 aromatic carbocycles. The molecule has 0 aliphatic carbocycles. The summed E-state index contributed by atoms with van der Waals surface area (Å²) in [4.78, 5) is 0. The van der Waals surface area contributed by atoms with Gasteiger partial charge in [-0.3, -0.25) is 5.10 Å².